The van der Waals surface area contributed by atoms with E-state index < -0.39 is 27.7 Å². The molecule has 2 amide bonds. The van der Waals surface area contributed by atoms with Crippen LogP contribution in [-0.4, -0.2) is 80.3 Å². The molecule has 1 aliphatic rings. The molecule has 0 radical (unpaired) electrons. The number of halogens is 3. The van der Waals surface area contributed by atoms with Crippen LogP contribution in [0.1, 0.15) is 36.5 Å². The maximum absolute atomic E-state index is 12.6. The van der Waals surface area contributed by atoms with Crippen molar-refractivity contribution in [1.82, 2.24) is 19.8 Å². The Morgan fingerprint density at radius 3 is 2.02 bits per heavy atom. The highest BCUT2D eigenvalue weighted by molar-refractivity contribution is 7.89. The Kier molecular flexibility index (Phi) is 12.1. The van der Waals surface area contributed by atoms with Crippen molar-refractivity contribution in [2.24, 2.45) is 0 Å². The fourth-order valence-electron chi connectivity index (χ4n) is 3.71. The average Bonchev–Trinajstić information content (AvgIpc) is 2.92. The van der Waals surface area contributed by atoms with Crippen molar-refractivity contribution in [1.29, 1.82) is 0 Å². The zero-order valence-corrected chi connectivity index (χ0v) is 23.0. The number of piperazine rings is 1. The lowest BCUT2D eigenvalue weighted by Crippen LogP contribution is -2.52. The van der Waals surface area contributed by atoms with E-state index in [4.69, 9.17) is 5.11 Å². The fraction of sp³-hybridized carbons (Fsp3) is 0.423. The number of benzene rings is 2. The maximum atomic E-state index is 12.6. The van der Waals surface area contributed by atoms with Gasteiger partial charge in [0.05, 0.1) is 23.5 Å². The maximum Gasteiger partial charge on any atom is 0.416 e. The SMILES string of the molecule is CC(C)c1ccc(CNC=O)cc1.O=C(O)CNCC(=O)N1CCN(S(=O)(=O)c2ccc(C(F)(F)F)cc2)CC1. The Bertz CT molecular complexity index is 1230. The second-order valence-electron chi connectivity index (χ2n) is 9.20. The Morgan fingerprint density at radius 2 is 1.55 bits per heavy atom. The molecule has 10 nitrogen and oxygen atoms in total. The molecule has 1 heterocycles. The van der Waals surface area contributed by atoms with Gasteiger partial charge in [-0.3, -0.25) is 19.7 Å². The number of hydrogen-bond acceptors (Lipinski definition) is 6. The summed E-state index contributed by atoms with van der Waals surface area (Å²) >= 11 is 0. The molecule has 0 saturated carbocycles. The predicted octanol–water partition coefficient (Wildman–Crippen LogP) is 2.27. The van der Waals surface area contributed by atoms with Crippen molar-refractivity contribution in [2.45, 2.75) is 37.4 Å². The zero-order chi connectivity index (χ0) is 29.9. The summed E-state index contributed by atoms with van der Waals surface area (Å²) in [6, 6.07) is 11.5. The number of nitrogens with zero attached hydrogens (tertiary/aromatic N) is 2. The van der Waals surface area contributed by atoms with E-state index in [9.17, 15) is 36.0 Å². The minimum atomic E-state index is -4.55. The summed E-state index contributed by atoms with van der Waals surface area (Å²) in [7, 11) is -3.97. The van der Waals surface area contributed by atoms with Gasteiger partial charge in [0.2, 0.25) is 22.3 Å². The zero-order valence-electron chi connectivity index (χ0n) is 22.1. The average molecular weight is 587 g/mol. The summed E-state index contributed by atoms with van der Waals surface area (Å²) in [6.07, 6.45) is -3.83. The topological polar surface area (TPSA) is 136 Å². The second-order valence-corrected chi connectivity index (χ2v) is 11.1. The van der Waals surface area contributed by atoms with Crippen LogP contribution in [0.25, 0.3) is 0 Å². The molecule has 14 heteroatoms. The fourth-order valence-corrected chi connectivity index (χ4v) is 5.13. The number of carboxylic acids is 1. The monoisotopic (exact) mass is 586 g/mol. The Hall–Kier alpha value is -3.49. The first-order valence-electron chi connectivity index (χ1n) is 12.4. The van der Waals surface area contributed by atoms with Crippen LogP contribution in [0.2, 0.25) is 0 Å². The normalized spacial score (nSPS) is 14.3. The first-order valence-corrected chi connectivity index (χ1v) is 13.8. The Balaban J connectivity index is 0.000000360. The van der Waals surface area contributed by atoms with Gasteiger partial charge in [0.1, 0.15) is 0 Å². The largest absolute Gasteiger partial charge is 0.480 e. The standard InChI is InChI=1S/C15H18F3N3O5S.C11H15NO/c16-15(17,18)11-1-3-12(4-2-11)27(25,26)21-7-5-20(6-8-21)13(22)9-19-10-14(23)24;1-9(2)11-5-3-10(4-6-11)7-12-8-13/h1-4,19H,5-10H2,(H,23,24);3-6,8-9H,7H2,1-2H3,(H,12,13). The third-order valence-electron chi connectivity index (χ3n) is 6.00. The van der Waals surface area contributed by atoms with Crippen molar-refractivity contribution in [3.63, 3.8) is 0 Å². The number of carboxylic acid groups (broad SMARTS) is 1. The molecule has 1 saturated heterocycles. The predicted molar refractivity (Wildman–Crippen MR) is 141 cm³/mol. The smallest absolute Gasteiger partial charge is 0.416 e. The molecule has 1 fully saturated rings. The third kappa shape index (κ3) is 9.92. The van der Waals surface area contributed by atoms with Gasteiger partial charge >= 0.3 is 12.1 Å². The summed E-state index contributed by atoms with van der Waals surface area (Å²) in [4.78, 5) is 33.5. The van der Waals surface area contributed by atoms with Crippen molar-refractivity contribution in [3.8, 4) is 0 Å². The lowest BCUT2D eigenvalue weighted by Gasteiger charge is -2.34. The number of rotatable bonds is 10. The van der Waals surface area contributed by atoms with Crippen molar-refractivity contribution in [2.75, 3.05) is 39.3 Å². The third-order valence-corrected chi connectivity index (χ3v) is 7.91. The van der Waals surface area contributed by atoms with Gasteiger partial charge in [0.15, 0.2) is 0 Å². The van der Waals surface area contributed by atoms with Gasteiger partial charge in [0, 0.05) is 32.7 Å². The minimum Gasteiger partial charge on any atom is -0.480 e. The van der Waals surface area contributed by atoms with Crippen LogP contribution < -0.4 is 10.6 Å². The number of aliphatic carboxylic acids is 1. The summed E-state index contributed by atoms with van der Waals surface area (Å²) < 4.78 is 63.9. The van der Waals surface area contributed by atoms with E-state index in [1.54, 1.807) is 0 Å². The van der Waals surface area contributed by atoms with Crippen LogP contribution in [0, 0.1) is 0 Å². The van der Waals surface area contributed by atoms with Crippen molar-refractivity contribution < 1.29 is 41.1 Å². The lowest BCUT2D eigenvalue weighted by atomic mass is 10.0. The molecule has 2 aromatic carbocycles. The summed E-state index contributed by atoms with van der Waals surface area (Å²) in [6.45, 7) is 4.59. The molecule has 220 valence electrons. The second kappa shape index (κ2) is 14.8. The van der Waals surface area contributed by atoms with E-state index in [1.165, 1.54) is 10.5 Å². The molecule has 3 N–H and O–H groups in total. The van der Waals surface area contributed by atoms with Gasteiger partial charge in [-0.05, 0) is 41.3 Å². The minimum absolute atomic E-state index is 0.00593. The highest BCUT2D eigenvalue weighted by Crippen LogP contribution is 2.30. The molecule has 0 aromatic heterocycles. The number of carbonyl (C=O) groups excluding carboxylic acids is 2. The molecule has 0 aliphatic carbocycles. The van der Waals surface area contributed by atoms with Gasteiger partial charge in [-0.2, -0.15) is 17.5 Å². The molecule has 1 aliphatic heterocycles. The first kappa shape index (κ1) is 32.7. The Labute approximate surface area is 231 Å². The van der Waals surface area contributed by atoms with E-state index in [0.29, 0.717) is 24.6 Å². The van der Waals surface area contributed by atoms with Crippen LogP contribution in [0.3, 0.4) is 0 Å². The van der Waals surface area contributed by atoms with E-state index in [-0.39, 0.29) is 50.1 Å². The molecule has 2 aromatic rings. The molecule has 3 rings (SSSR count). The molecular weight excluding hydrogens is 553 g/mol. The number of alkyl halides is 3. The quantitative estimate of drug-likeness (QED) is 0.364. The van der Waals surface area contributed by atoms with Gasteiger partial charge in [-0.25, -0.2) is 8.42 Å². The van der Waals surface area contributed by atoms with Crippen molar-refractivity contribution >= 4 is 28.3 Å². The molecule has 0 unspecified atom stereocenters. The number of nitrogens with one attached hydrogen (secondary N) is 2. The molecular formula is C26H33F3N4O6S. The van der Waals surface area contributed by atoms with Crippen molar-refractivity contribution in [3.05, 3.63) is 65.2 Å². The first-order chi connectivity index (χ1) is 18.8. The van der Waals surface area contributed by atoms with E-state index in [1.807, 2.05) is 12.1 Å². The highest BCUT2D eigenvalue weighted by Gasteiger charge is 2.33. The van der Waals surface area contributed by atoms with Gasteiger partial charge in [0.25, 0.3) is 0 Å². The van der Waals surface area contributed by atoms with Gasteiger partial charge in [-0.15, -0.1) is 0 Å². The van der Waals surface area contributed by atoms with Gasteiger partial charge < -0.3 is 15.3 Å². The van der Waals surface area contributed by atoms with Crippen LogP contribution in [0.4, 0.5) is 13.2 Å². The molecule has 40 heavy (non-hydrogen) atoms. The number of carbonyl (C=O) groups is 3. The van der Waals surface area contributed by atoms with Crippen LogP contribution in [0.15, 0.2) is 53.4 Å². The van der Waals surface area contributed by atoms with Crippen LogP contribution >= 0.6 is 0 Å². The van der Waals surface area contributed by atoms with E-state index >= 15 is 0 Å². The number of amides is 2. The molecule has 0 bridgehead atoms. The van der Waals surface area contributed by atoms with E-state index in [2.05, 4.69) is 36.6 Å². The summed E-state index contributed by atoms with van der Waals surface area (Å²) in [5, 5.41) is 13.6. The lowest BCUT2D eigenvalue weighted by molar-refractivity contribution is -0.138. The molecule has 0 spiro atoms. The summed E-state index contributed by atoms with van der Waals surface area (Å²) in [5.41, 5.74) is 1.53. The molecule has 0 atom stereocenters. The van der Waals surface area contributed by atoms with Crippen LogP contribution in [-0.2, 0) is 37.1 Å². The van der Waals surface area contributed by atoms with E-state index in [0.717, 1.165) is 28.4 Å². The van der Waals surface area contributed by atoms with Gasteiger partial charge in [-0.1, -0.05) is 38.1 Å². The number of hydrogen-bond donors (Lipinski definition) is 3. The van der Waals surface area contributed by atoms with Crippen LogP contribution in [0.5, 0.6) is 0 Å². The number of sulfonamides is 1. The highest BCUT2D eigenvalue weighted by atomic mass is 32.2. The Morgan fingerprint density at radius 1 is 0.975 bits per heavy atom. The summed E-state index contributed by atoms with van der Waals surface area (Å²) in [5.74, 6) is -0.897.